The van der Waals surface area contributed by atoms with Crippen LogP contribution in [0.25, 0.3) is 0 Å². The molecule has 0 aliphatic carbocycles. The molecular formula is C43H21BF15P. The van der Waals surface area contributed by atoms with Crippen LogP contribution in [0.15, 0.2) is 121 Å². The molecule has 0 saturated heterocycles. The van der Waals surface area contributed by atoms with Gasteiger partial charge in [-0.05, 0) is 42.0 Å². The maximum atomic E-state index is 18.0. The van der Waals surface area contributed by atoms with Crippen LogP contribution >= 0.6 is 7.26 Å². The van der Waals surface area contributed by atoms with E-state index >= 15 is 39.4 Å². The Morgan fingerprint density at radius 1 is 0.300 bits per heavy atom. The molecule has 7 aromatic carbocycles. The smallest absolute Gasteiger partial charge is 0.251 e. The Kier molecular flexibility index (Phi) is 11.1. The van der Waals surface area contributed by atoms with Gasteiger partial charge >= 0.3 is 0 Å². The van der Waals surface area contributed by atoms with Crippen molar-refractivity contribution in [3.8, 4) is 0 Å². The van der Waals surface area contributed by atoms with Gasteiger partial charge in [-0.1, -0.05) is 101 Å². The van der Waals surface area contributed by atoms with E-state index in [1.165, 1.54) is 30.3 Å². The van der Waals surface area contributed by atoms with Gasteiger partial charge in [-0.2, -0.15) is 0 Å². The van der Waals surface area contributed by atoms with E-state index in [9.17, 15) is 26.3 Å². The minimum atomic E-state index is -6.99. The molecule has 0 spiro atoms. The number of halogens is 15. The van der Waals surface area contributed by atoms with E-state index in [0.29, 0.717) is 15.9 Å². The normalized spacial score (nSPS) is 12.5. The number of hydrogen-bond acceptors (Lipinski definition) is 0. The van der Waals surface area contributed by atoms with E-state index in [0.717, 1.165) is 0 Å². The van der Waals surface area contributed by atoms with Gasteiger partial charge in [0.15, 0.2) is 46.5 Å². The van der Waals surface area contributed by atoms with Crippen LogP contribution in [0.3, 0.4) is 0 Å². The highest BCUT2D eigenvalue weighted by Gasteiger charge is 2.57. The number of benzene rings is 7. The lowest BCUT2D eigenvalue weighted by molar-refractivity contribution is 0.380. The zero-order valence-corrected chi connectivity index (χ0v) is 30.7. The van der Waals surface area contributed by atoms with Gasteiger partial charge in [-0.15, -0.1) is 0 Å². The third-order valence-corrected chi connectivity index (χ3v) is 14.9. The molecule has 7 rings (SSSR count). The van der Waals surface area contributed by atoms with Crippen molar-refractivity contribution in [2.45, 2.75) is 5.66 Å². The van der Waals surface area contributed by atoms with Gasteiger partial charge in [0.2, 0.25) is 0 Å². The zero-order chi connectivity index (χ0) is 43.4. The second kappa shape index (κ2) is 15.9. The van der Waals surface area contributed by atoms with Crippen molar-refractivity contribution in [1.29, 1.82) is 0 Å². The second-order valence-electron chi connectivity index (χ2n) is 13.4. The molecule has 17 heteroatoms. The Morgan fingerprint density at radius 3 is 0.817 bits per heavy atom. The van der Waals surface area contributed by atoms with Crippen LogP contribution in [-0.4, -0.2) is 6.42 Å². The highest BCUT2D eigenvalue weighted by Crippen LogP contribution is 2.69. The quantitative estimate of drug-likeness (QED) is 0.0446. The molecule has 0 amide bonds. The van der Waals surface area contributed by atoms with Crippen LogP contribution in [0.5, 0.6) is 0 Å². The average Bonchev–Trinajstić information content (AvgIpc) is 3.27. The lowest BCUT2D eigenvalue weighted by atomic mass is 9.30. The molecular weight excluding hydrogens is 843 g/mol. The molecule has 0 aromatic heterocycles. The Morgan fingerprint density at radius 2 is 0.533 bits per heavy atom. The fourth-order valence-corrected chi connectivity index (χ4v) is 12.7. The number of hydrogen-bond donors (Lipinski definition) is 0. The first-order valence-electron chi connectivity index (χ1n) is 17.4. The second-order valence-corrected chi connectivity index (χ2v) is 16.9. The van der Waals surface area contributed by atoms with E-state index in [1.807, 2.05) is 0 Å². The van der Waals surface area contributed by atoms with E-state index in [2.05, 4.69) is 0 Å². The predicted molar refractivity (Wildman–Crippen MR) is 198 cm³/mol. The summed E-state index contributed by atoms with van der Waals surface area (Å²) in [6.07, 6.45) is -6.99. The molecule has 0 nitrogen and oxygen atoms in total. The van der Waals surface area contributed by atoms with E-state index in [1.54, 1.807) is 91.0 Å². The van der Waals surface area contributed by atoms with E-state index < -0.39 is 123 Å². The van der Waals surface area contributed by atoms with Crippen LogP contribution < -0.4 is 32.3 Å². The molecule has 60 heavy (non-hydrogen) atoms. The summed E-state index contributed by atoms with van der Waals surface area (Å²) in [6, 6.07) is 30.2. The van der Waals surface area contributed by atoms with Crippen molar-refractivity contribution in [2.24, 2.45) is 0 Å². The Balaban J connectivity index is 1.71. The minimum absolute atomic E-state index is 0.0664. The highest BCUT2D eigenvalue weighted by atomic mass is 31.2. The molecule has 0 radical (unpaired) electrons. The summed E-state index contributed by atoms with van der Waals surface area (Å²) in [5.41, 5.74) is -13.1. The topological polar surface area (TPSA) is 0 Å². The molecule has 0 bridgehead atoms. The Bertz CT molecular complexity index is 2520. The summed E-state index contributed by atoms with van der Waals surface area (Å²) < 4.78 is 236. The van der Waals surface area contributed by atoms with Crippen LogP contribution in [0.2, 0.25) is 0 Å². The van der Waals surface area contributed by atoms with Crippen LogP contribution in [0.1, 0.15) is 16.8 Å². The van der Waals surface area contributed by atoms with Crippen LogP contribution in [0.4, 0.5) is 65.8 Å². The molecule has 1 unspecified atom stereocenters. The standard InChI is InChI=1S/C43H21BF15P/c45-29-25(43(21-13-5-1-6-14-21)60(22-15-7-2-8-16-22,23-17-9-3-10-18-23)24-19-11-4-12-20-24)30(46)32(48)26(31(29)47)44(59,27-33(49)37(53)41(57)38(54)34(27)50)28-35(51)39(55)42(58)40(56)36(28)52/h1-20,43H. The molecule has 306 valence electrons. The molecule has 0 heterocycles. The summed E-state index contributed by atoms with van der Waals surface area (Å²) in [4.78, 5) is 0. The fourth-order valence-electron chi connectivity index (χ4n) is 7.73. The van der Waals surface area contributed by atoms with Gasteiger partial charge < -0.3 is 4.32 Å². The molecule has 0 N–H and O–H groups in total. The van der Waals surface area contributed by atoms with Crippen molar-refractivity contribution in [3.63, 3.8) is 0 Å². The average molecular weight is 864 g/mol. The van der Waals surface area contributed by atoms with Crippen molar-refractivity contribution in [3.05, 3.63) is 214 Å². The zero-order valence-electron chi connectivity index (χ0n) is 29.8. The third-order valence-electron chi connectivity index (χ3n) is 10.3. The Hall–Kier alpha value is -6.02. The molecule has 0 saturated carbocycles. The molecule has 0 aliphatic heterocycles. The summed E-state index contributed by atoms with van der Waals surface area (Å²) in [7, 11) is -3.86. The van der Waals surface area contributed by atoms with Crippen LogP contribution in [-0.2, 0) is 0 Å². The first-order valence-corrected chi connectivity index (χ1v) is 19.2. The summed E-state index contributed by atoms with van der Waals surface area (Å²) in [6.45, 7) is 0. The summed E-state index contributed by atoms with van der Waals surface area (Å²) in [5, 5.41) is 0.936. The van der Waals surface area contributed by atoms with Gasteiger partial charge in [-0.25, -0.2) is 61.5 Å². The maximum Gasteiger partial charge on any atom is 0.251 e. The van der Waals surface area contributed by atoms with Gasteiger partial charge in [0.25, 0.3) is 6.42 Å². The largest absolute Gasteiger partial charge is 0.498 e. The lowest BCUT2D eigenvalue weighted by Gasteiger charge is -2.39. The highest BCUT2D eigenvalue weighted by molar-refractivity contribution is 7.96. The molecule has 1 atom stereocenters. The molecule has 7 aromatic rings. The predicted octanol–water partition coefficient (Wildman–Crippen LogP) is 9.65. The molecule has 0 fully saturated rings. The monoisotopic (exact) mass is 864 g/mol. The summed E-state index contributed by atoms with van der Waals surface area (Å²) in [5.74, 6) is -43.7. The van der Waals surface area contributed by atoms with Crippen molar-refractivity contribution >= 4 is 46.0 Å². The lowest BCUT2D eigenvalue weighted by Crippen LogP contribution is -2.70. The van der Waals surface area contributed by atoms with Crippen molar-refractivity contribution < 1.29 is 65.8 Å². The van der Waals surface area contributed by atoms with Gasteiger partial charge in [0, 0.05) is 0 Å². The van der Waals surface area contributed by atoms with E-state index in [-0.39, 0.29) is 5.56 Å². The third kappa shape index (κ3) is 6.17. The summed E-state index contributed by atoms with van der Waals surface area (Å²) >= 11 is 0. The Labute approximate surface area is 330 Å². The first kappa shape index (κ1) is 42.1. The van der Waals surface area contributed by atoms with Crippen LogP contribution in [0, 0.1) is 81.4 Å². The van der Waals surface area contributed by atoms with Gasteiger partial charge in [-0.3, -0.25) is 0 Å². The minimum Gasteiger partial charge on any atom is -0.498 e. The van der Waals surface area contributed by atoms with Crippen molar-refractivity contribution in [1.82, 2.24) is 0 Å². The van der Waals surface area contributed by atoms with Crippen molar-refractivity contribution in [2.75, 3.05) is 0 Å². The van der Waals surface area contributed by atoms with Gasteiger partial charge in [0.1, 0.15) is 63.7 Å². The molecule has 0 aliphatic rings. The van der Waals surface area contributed by atoms with Gasteiger partial charge in [0.05, 0.1) is 5.56 Å². The van der Waals surface area contributed by atoms with E-state index in [4.69, 9.17) is 0 Å². The SMILES string of the molecule is Fc1c(F)c(F)c([B-](F)(c2c(F)c(F)c(F)c(F)c2F)c2c(F)c(F)c(C(c3ccccc3)[P+](c3ccccc3)(c3ccccc3)c3ccccc3)c(F)c2F)c(F)c1F. The number of rotatable bonds is 9. The first-order chi connectivity index (χ1) is 28.5. The maximum absolute atomic E-state index is 18.0. The fraction of sp³-hybridized carbons (Fsp3) is 0.0233.